The second kappa shape index (κ2) is 5.51. The molecule has 2 rings (SSSR count). The van der Waals surface area contributed by atoms with Crippen LogP contribution in [0.3, 0.4) is 0 Å². The first-order valence-corrected chi connectivity index (χ1v) is 6.35. The highest BCUT2D eigenvalue weighted by molar-refractivity contribution is 14.1. The quantitative estimate of drug-likeness (QED) is 0.458. The summed E-state index contributed by atoms with van der Waals surface area (Å²) in [4.78, 5) is 11.9. The van der Waals surface area contributed by atoms with Crippen molar-refractivity contribution in [3.05, 3.63) is 62.7 Å². The Labute approximate surface area is 118 Å². The highest BCUT2D eigenvalue weighted by atomic mass is 127. The molecule has 0 saturated carbocycles. The van der Waals surface area contributed by atoms with Crippen LogP contribution >= 0.6 is 34.2 Å². The number of para-hydroxylation sites is 1. The Morgan fingerprint density at radius 1 is 1.06 bits per heavy atom. The fraction of sp³-hybridized carbons (Fsp3) is 0. The Morgan fingerprint density at radius 3 is 2.41 bits per heavy atom. The standard InChI is InChI=1S/C13H8ClIO2/c14-10-6-2-4-8-12(10)17-13(16)9-5-1-3-7-11(9)15/h1-8H. The first kappa shape index (κ1) is 12.4. The van der Waals surface area contributed by atoms with Gasteiger partial charge in [-0.05, 0) is 46.9 Å². The number of carbonyl (C=O) groups excluding carboxylic acids is 1. The molecule has 0 heterocycles. The summed E-state index contributed by atoms with van der Waals surface area (Å²) >= 11 is 8.01. The van der Waals surface area contributed by atoms with Gasteiger partial charge in [0.05, 0.1) is 10.6 Å². The lowest BCUT2D eigenvalue weighted by atomic mass is 10.2. The Kier molecular flexibility index (Phi) is 4.02. The van der Waals surface area contributed by atoms with Gasteiger partial charge in [-0.3, -0.25) is 0 Å². The molecule has 0 atom stereocenters. The lowest BCUT2D eigenvalue weighted by molar-refractivity contribution is 0.0734. The van der Waals surface area contributed by atoms with Crippen molar-refractivity contribution in [2.24, 2.45) is 0 Å². The van der Waals surface area contributed by atoms with Gasteiger partial charge < -0.3 is 4.74 Å². The molecule has 0 unspecified atom stereocenters. The van der Waals surface area contributed by atoms with Crippen LogP contribution in [0.15, 0.2) is 48.5 Å². The molecule has 0 N–H and O–H groups in total. The van der Waals surface area contributed by atoms with Crippen LogP contribution in [-0.2, 0) is 0 Å². The molecule has 0 aliphatic heterocycles. The molecule has 0 radical (unpaired) electrons. The first-order chi connectivity index (χ1) is 8.18. The number of ether oxygens (including phenoxy) is 1. The summed E-state index contributed by atoms with van der Waals surface area (Å²) in [6, 6.07) is 14.1. The van der Waals surface area contributed by atoms with Crippen LogP contribution in [0.25, 0.3) is 0 Å². The zero-order valence-corrected chi connectivity index (χ0v) is 11.6. The summed E-state index contributed by atoms with van der Waals surface area (Å²) in [5, 5.41) is 0.423. The van der Waals surface area contributed by atoms with E-state index in [4.69, 9.17) is 16.3 Å². The van der Waals surface area contributed by atoms with Crippen LogP contribution < -0.4 is 4.74 Å². The van der Waals surface area contributed by atoms with Crippen molar-refractivity contribution >= 4 is 40.2 Å². The van der Waals surface area contributed by atoms with Crippen LogP contribution in [0.2, 0.25) is 5.02 Å². The maximum absolute atomic E-state index is 11.9. The topological polar surface area (TPSA) is 26.3 Å². The molecule has 0 fully saturated rings. The summed E-state index contributed by atoms with van der Waals surface area (Å²) in [6.45, 7) is 0. The monoisotopic (exact) mass is 358 g/mol. The van der Waals surface area contributed by atoms with E-state index in [-0.39, 0.29) is 0 Å². The van der Waals surface area contributed by atoms with Gasteiger partial charge in [0.1, 0.15) is 5.75 Å². The number of esters is 1. The van der Waals surface area contributed by atoms with E-state index in [1.807, 2.05) is 12.1 Å². The van der Waals surface area contributed by atoms with E-state index >= 15 is 0 Å². The Hall–Kier alpha value is -1.07. The maximum Gasteiger partial charge on any atom is 0.344 e. The van der Waals surface area contributed by atoms with Gasteiger partial charge in [0.2, 0.25) is 0 Å². The summed E-state index contributed by atoms with van der Waals surface area (Å²) in [6.07, 6.45) is 0. The average Bonchev–Trinajstić information content (AvgIpc) is 2.32. The maximum atomic E-state index is 11.9. The van der Waals surface area contributed by atoms with Gasteiger partial charge in [0, 0.05) is 3.57 Å². The van der Waals surface area contributed by atoms with Crippen molar-refractivity contribution in [1.82, 2.24) is 0 Å². The molecule has 17 heavy (non-hydrogen) atoms. The zero-order valence-electron chi connectivity index (χ0n) is 8.69. The van der Waals surface area contributed by atoms with E-state index in [1.54, 1.807) is 36.4 Å². The normalized spacial score (nSPS) is 10.0. The van der Waals surface area contributed by atoms with E-state index in [0.717, 1.165) is 3.57 Å². The number of hydrogen-bond acceptors (Lipinski definition) is 2. The van der Waals surface area contributed by atoms with E-state index in [2.05, 4.69) is 22.6 Å². The molecule has 2 aromatic carbocycles. The average molecular weight is 359 g/mol. The molecule has 0 spiro atoms. The Bertz CT molecular complexity index is 555. The Morgan fingerprint density at radius 2 is 1.71 bits per heavy atom. The third-order valence-corrected chi connectivity index (χ3v) is 3.39. The highest BCUT2D eigenvalue weighted by Crippen LogP contribution is 2.24. The molecule has 86 valence electrons. The van der Waals surface area contributed by atoms with Crippen molar-refractivity contribution in [3.63, 3.8) is 0 Å². The van der Waals surface area contributed by atoms with Crippen LogP contribution in [0, 0.1) is 3.57 Å². The molecule has 2 aromatic rings. The van der Waals surface area contributed by atoms with Crippen LogP contribution in [0.4, 0.5) is 0 Å². The summed E-state index contributed by atoms with van der Waals surface area (Å²) in [5.74, 6) is -0.0260. The molecule has 0 aromatic heterocycles. The lowest BCUT2D eigenvalue weighted by Crippen LogP contribution is -2.10. The van der Waals surface area contributed by atoms with Gasteiger partial charge in [0.25, 0.3) is 0 Å². The largest absolute Gasteiger partial charge is 0.421 e. The second-order valence-electron chi connectivity index (χ2n) is 3.30. The van der Waals surface area contributed by atoms with E-state index < -0.39 is 5.97 Å². The van der Waals surface area contributed by atoms with Gasteiger partial charge >= 0.3 is 5.97 Å². The lowest BCUT2D eigenvalue weighted by Gasteiger charge is -2.06. The fourth-order valence-electron chi connectivity index (χ4n) is 1.31. The predicted molar refractivity (Wildman–Crippen MR) is 75.6 cm³/mol. The minimum atomic E-state index is -0.400. The summed E-state index contributed by atoms with van der Waals surface area (Å²) in [7, 11) is 0. The molecule has 4 heteroatoms. The molecule has 0 aliphatic rings. The van der Waals surface area contributed by atoms with Gasteiger partial charge in [-0.2, -0.15) is 0 Å². The number of halogens is 2. The van der Waals surface area contributed by atoms with Gasteiger partial charge in [-0.15, -0.1) is 0 Å². The molecule has 2 nitrogen and oxygen atoms in total. The molecule has 0 bridgehead atoms. The third-order valence-electron chi connectivity index (χ3n) is 2.13. The van der Waals surface area contributed by atoms with Crippen LogP contribution in [0.5, 0.6) is 5.75 Å². The van der Waals surface area contributed by atoms with E-state index in [0.29, 0.717) is 16.3 Å². The Balaban J connectivity index is 2.24. The molecule has 0 amide bonds. The van der Waals surface area contributed by atoms with Gasteiger partial charge in [-0.1, -0.05) is 35.9 Å². The highest BCUT2D eigenvalue weighted by Gasteiger charge is 2.12. The predicted octanol–water partition coefficient (Wildman–Crippen LogP) is 4.16. The van der Waals surface area contributed by atoms with Gasteiger partial charge in [0.15, 0.2) is 0 Å². The van der Waals surface area contributed by atoms with Crippen molar-refractivity contribution in [2.75, 3.05) is 0 Å². The molecule has 0 saturated heterocycles. The van der Waals surface area contributed by atoms with Crippen LogP contribution in [0.1, 0.15) is 10.4 Å². The van der Waals surface area contributed by atoms with Crippen molar-refractivity contribution in [1.29, 1.82) is 0 Å². The number of carbonyl (C=O) groups is 1. The number of rotatable bonds is 2. The SMILES string of the molecule is O=C(Oc1ccccc1Cl)c1ccccc1I. The number of benzene rings is 2. The molecular weight excluding hydrogens is 350 g/mol. The third kappa shape index (κ3) is 2.98. The molecular formula is C13H8ClIO2. The second-order valence-corrected chi connectivity index (χ2v) is 4.87. The minimum Gasteiger partial charge on any atom is -0.421 e. The number of hydrogen-bond donors (Lipinski definition) is 0. The zero-order chi connectivity index (χ0) is 12.3. The van der Waals surface area contributed by atoms with Crippen LogP contribution in [-0.4, -0.2) is 5.97 Å². The van der Waals surface area contributed by atoms with E-state index in [1.165, 1.54) is 0 Å². The smallest absolute Gasteiger partial charge is 0.344 e. The van der Waals surface area contributed by atoms with E-state index in [9.17, 15) is 4.79 Å². The first-order valence-electron chi connectivity index (χ1n) is 4.90. The van der Waals surface area contributed by atoms with Crippen molar-refractivity contribution in [3.8, 4) is 5.75 Å². The minimum absolute atomic E-state index is 0.374. The fourth-order valence-corrected chi connectivity index (χ4v) is 2.09. The summed E-state index contributed by atoms with van der Waals surface area (Å²) < 4.78 is 6.09. The van der Waals surface area contributed by atoms with Crippen molar-refractivity contribution < 1.29 is 9.53 Å². The van der Waals surface area contributed by atoms with Crippen molar-refractivity contribution in [2.45, 2.75) is 0 Å². The summed E-state index contributed by atoms with van der Waals surface area (Å²) in [5.41, 5.74) is 0.535. The molecule has 0 aliphatic carbocycles. The van der Waals surface area contributed by atoms with Gasteiger partial charge in [-0.25, -0.2) is 4.79 Å².